The number of aromatic nitrogens is 1. The molecular formula is C9H14F3N3S. The molecule has 1 heterocycles. The Labute approximate surface area is 96.3 Å². The molecule has 0 aromatic carbocycles. The SMILES string of the molecule is CNCc1sc(N(C)CC(F)(F)F)nc1C. The molecule has 92 valence electrons. The van der Waals surface area contributed by atoms with Crippen LogP contribution in [0.5, 0.6) is 0 Å². The van der Waals surface area contributed by atoms with Crippen LogP contribution in [0.1, 0.15) is 10.6 Å². The second-order valence-electron chi connectivity index (χ2n) is 3.51. The van der Waals surface area contributed by atoms with Crippen molar-refractivity contribution in [1.29, 1.82) is 0 Å². The Hall–Kier alpha value is -0.820. The fourth-order valence-electron chi connectivity index (χ4n) is 1.24. The minimum atomic E-state index is -4.20. The molecule has 0 aliphatic rings. The minimum absolute atomic E-state index is 0.403. The topological polar surface area (TPSA) is 28.2 Å². The van der Waals surface area contributed by atoms with Gasteiger partial charge in [0.2, 0.25) is 0 Å². The summed E-state index contributed by atoms with van der Waals surface area (Å²) in [5, 5.41) is 3.36. The lowest BCUT2D eigenvalue weighted by atomic mass is 10.4. The Morgan fingerprint density at radius 2 is 2.06 bits per heavy atom. The molecule has 1 aromatic heterocycles. The van der Waals surface area contributed by atoms with Crippen LogP contribution in [-0.4, -0.2) is 31.8 Å². The summed E-state index contributed by atoms with van der Waals surface area (Å²) in [5.74, 6) is 0. The molecule has 0 radical (unpaired) electrons. The number of aryl methyl sites for hydroxylation is 1. The first-order valence-corrected chi connectivity index (χ1v) is 5.54. The summed E-state index contributed by atoms with van der Waals surface area (Å²) in [6.45, 7) is 1.45. The van der Waals surface area contributed by atoms with E-state index >= 15 is 0 Å². The van der Waals surface area contributed by atoms with Crippen molar-refractivity contribution in [2.75, 3.05) is 25.5 Å². The van der Waals surface area contributed by atoms with Gasteiger partial charge in [0, 0.05) is 18.5 Å². The van der Waals surface area contributed by atoms with Crippen LogP contribution < -0.4 is 10.2 Å². The summed E-state index contributed by atoms with van der Waals surface area (Å²) in [7, 11) is 3.19. The average Bonchev–Trinajstić information content (AvgIpc) is 2.46. The second-order valence-corrected chi connectivity index (χ2v) is 4.57. The first-order chi connectivity index (χ1) is 7.33. The number of rotatable bonds is 4. The molecule has 1 N–H and O–H groups in total. The van der Waals surface area contributed by atoms with Crippen molar-refractivity contribution in [3.8, 4) is 0 Å². The molecule has 16 heavy (non-hydrogen) atoms. The van der Waals surface area contributed by atoms with Gasteiger partial charge in [0.15, 0.2) is 5.13 Å². The first-order valence-electron chi connectivity index (χ1n) is 4.72. The van der Waals surface area contributed by atoms with Gasteiger partial charge in [0.25, 0.3) is 0 Å². The number of alkyl halides is 3. The zero-order valence-corrected chi connectivity index (χ0v) is 10.2. The molecule has 0 aliphatic heterocycles. The van der Waals surface area contributed by atoms with Crippen LogP contribution in [0.2, 0.25) is 0 Å². The predicted molar refractivity (Wildman–Crippen MR) is 58.9 cm³/mol. The van der Waals surface area contributed by atoms with E-state index in [1.54, 1.807) is 14.0 Å². The first kappa shape index (κ1) is 13.2. The number of nitrogens with one attached hydrogen (secondary N) is 1. The lowest BCUT2D eigenvalue weighted by Crippen LogP contribution is -2.30. The number of hydrogen-bond acceptors (Lipinski definition) is 4. The van der Waals surface area contributed by atoms with Crippen molar-refractivity contribution in [2.24, 2.45) is 0 Å². The maximum Gasteiger partial charge on any atom is 0.405 e. The Kier molecular flexibility index (Phi) is 4.15. The predicted octanol–water partition coefficient (Wildman–Crippen LogP) is 2.17. The van der Waals surface area contributed by atoms with Crippen molar-refractivity contribution >= 4 is 16.5 Å². The molecule has 0 fully saturated rings. The van der Waals surface area contributed by atoms with Gasteiger partial charge in [-0.1, -0.05) is 0 Å². The quantitative estimate of drug-likeness (QED) is 0.891. The van der Waals surface area contributed by atoms with Crippen LogP contribution >= 0.6 is 11.3 Å². The maximum atomic E-state index is 12.2. The van der Waals surface area contributed by atoms with E-state index in [-0.39, 0.29) is 0 Å². The van der Waals surface area contributed by atoms with Gasteiger partial charge in [-0.15, -0.1) is 11.3 Å². The highest BCUT2D eigenvalue weighted by molar-refractivity contribution is 7.15. The molecule has 0 aliphatic carbocycles. The van der Waals surface area contributed by atoms with E-state index in [0.717, 1.165) is 15.5 Å². The van der Waals surface area contributed by atoms with Crippen molar-refractivity contribution in [2.45, 2.75) is 19.6 Å². The van der Waals surface area contributed by atoms with Crippen LogP contribution in [-0.2, 0) is 6.54 Å². The molecular weight excluding hydrogens is 239 g/mol. The molecule has 0 bridgehead atoms. The third-order valence-corrected chi connectivity index (χ3v) is 3.23. The molecule has 0 unspecified atom stereocenters. The Morgan fingerprint density at radius 1 is 1.44 bits per heavy atom. The average molecular weight is 253 g/mol. The summed E-state index contributed by atoms with van der Waals surface area (Å²) in [6, 6.07) is 0. The number of halogens is 3. The summed E-state index contributed by atoms with van der Waals surface area (Å²) >= 11 is 1.29. The molecule has 3 nitrogen and oxygen atoms in total. The molecule has 1 rings (SSSR count). The summed E-state index contributed by atoms with van der Waals surface area (Å²) in [5.41, 5.74) is 0.781. The Bertz CT molecular complexity index is 348. The van der Waals surface area contributed by atoms with Crippen molar-refractivity contribution in [3.05, 3.63) is 10.6 Å². The number of anilines is 1. The van der Waals surface area contributed by atoms with Crippen LogP contribution in [0.25, 0.3) is 0 Å². The lowest BCUT2D eigenvalue weighted by Gasteiger charge is -2.17. The van der Waals surface area contributed by atoms with Crippen LogP contribution in [0, 0.1) is 6.92 Å². The molecule has 0 saturated carbocycles. The fourth-order valence-corrected chi connectivity index (χ4v) is 2.27. The normalized spacial score (nSPS) is 11.9. The largest absolute Gasteiger partial charge is 0.405 e. The highest BCUT2D eigenvalue weighted by Crippen LogP contribution is 2.27. The van der Waals surface area contributed by atoms with Gasteiger partial charge in [0.05, 0.1) is 5.69 Å². The highest BCUT2D eigenvalue weighted by Gasteiger charge is 2.30. The summed E-state index contributed by atoms with van der Waals surface area (Å²) in [4.78, 5) is 6.20. The number of thiazole rings is 1. The smallest absolute Gasteiger partial charge is 0.342 e. The zero-order chi connectivity index (χ0) is 12.3. The van der Waals surface area contributed by atoms with E-state index in [0.29, 0.717) is 11.7 Å². The molecule has 0 atom stereocenters. The van der Waals surface area contributed by atoms with Crippen LogP contribution in [0.4, 0.5) is 18.3 Å². The van der Waals surface area contributed by atoms with Gasteiger partial charge in [0.1, 0.15) is 6.54 Å². The molecule has 7 heteroatoms. The van der Waals surface area contributed by atoms with E-state index in [9.17, 15) is 13.2 Å². The van der Waals surface area contributed by atoms with Gasteiger partial charge in [-0.2, -0.15) is 13.2 Å². The zero-order valence-electron chi connectivity index (χ0n) is 9.35. The monoisotopic (exact) mass is 253 g/mol. The van der Waals surface area contributed by atoms with Gasteiger partial charge >= 0.3 is 6.18 Å². The highest BCUT2D eigenvalue weighted by atomic mass is 32.1. The standard InChI is InChI=1S/C9H14F3N3S/c1-6-7(4-13-2)16-8(14-6)15(3)5-9(10,11)12/h13H,4-5H2,1-3H3. The van der Waals surface area contributed by atoms with Crippen LogP contribution in [0.3, 0.4) is 0 Å². The third-order valence-electron chi connectivity index (χ3n) is 1.96. The van der Waals surface area contributed by atoms with Crippen molar-refractivity contribution in [3.63, 3.8) is 0 Å². The Morgan fingerprint density at radius 3 is 2.56 bits per heavy atom. The number of nitrogens with zero attached hydrogens (tertiary/aromatic N) is 2. The van der Waals surface area contributed by atoms with E-state index in [4.69, 9.17) is 0 Å². The van der Waals surface area contributed by atoms with E-state index < -0.39 is 12.7 Å². The lowest BCUT2D eigenvalue weighted by molar-refractivity contribution is -0.119. The van der Waals surface area contributed by atoms with Crippen molar-refractivity contribution < 1.29 is 13.2 Å². The Balaban J connectivity index is 2.76. The van der Waals surface area contributed by atoms with Gasteiger partial charge in [-0.05, 0) is 14.0 Å². The van der Waals surface area contributed by atoms with E-state index in [1.165, 1.54) is 18.4 Å². The summed E-state index contributed by atoms with van der Waals surface area (Å²) in [6.07, 6.45) is -4.20. The molecule has 0 spiro atoms. The van der Waals surface area contributed by atoms with Crippen molar-refractivity contribution in [1.82, 2.24) is 10.3 Å². The van der Waals surface area contributed by atoms with E-state index in [2.05, 4.69) is 10.3 Å². The molecule has 1 aromatic rings. The van der Waals surface area contributed by atoms with E-state index in [1.807, 2.05) is 0 Å². The molecule has 0 saturated heterocycles. The van der Waals surface area contributed by atoms with Crippen LogP contribution in [0.15, 0.2) is 0 Å². The maximum absolute atomic E-state index is 12.2. The van der Waals surface area contributed by atoms with Gasteiger partial charge in [-0.25, -0.2) is 4.98 Å². The third kappa shape index (κ3) is 3.64. The second kappa shape index (κ2) is 5.01. The number of hydrogen-bond donors (Lipinski definition) is 1. The fraction of sp³-hybridized carbons (Fsp3) is 0.667. The van der Waals surface area contributed by atoms with Gasteiger partial charge in [-0.3, -0.25) is 0 Å². The summed E-state index contributed by atoms with van der Waals surface area (Å²) < 4.78 is 36.5. The molecule has 0 amide bonds. The minimum Gasteiger partial charge on any atom is -0.342 e. The van der Waals surface area contributed by atoms with Gasteiger partial charge < -0.3 is 10.2 Å².